The Labute approximate surface area is 258 Å². The van der Waals surface area contributed by atoms with Crippen molar-refractivity contribution in [2.45, 2.75) is 142 Å². The van der Waals surface area contributed by atoms with Crippen molar-refractivity contribution in [3.63, 3.8) is 0 Å². The van der Waals surface area contributed by atoms with Gasteiger partial charge in [-0.05, 0) is 97.7 Å². The Bertz CT molecular complexity index is 1050. The van der Waals surface area contributed by atoms with Crippen LogP contribution in [0.5, 0.6) is 0 Å². The molecule has 13 atom stereocenters. The van der Waals surface area contributed by atoms with Gasteiger partial charge < -0.3 is 34.6 Å². The molecule has 1 aliphatic heterocycles. The minimum Gasteiger partial charge on any atom is -0.387 e. The summed E-state index contributed by atoms with van der Waals surface area (Å²) in [7, 11) is -4.80. The molecule has 5 aliphatic rings. The summed E-state index contributed by atoms with van der Waals surface area (Å²) in [5.41, 5.74) is 2.00. The monoisotopic (exact) mass is 628 g/mol. The second-order valence-electron chi connectivity index (χ2n) is 15.6. The zero-order valence-corrected chi connectivity index (χ0v) is 27.7. The van der Waals surface area contributed by atoms with Gasteiger partial charge in [-0.2, -0.15) is 0 Å². The molecule has 3 saturated carbocycles. The molecule has 1 saturated heterocycles. The van der Waals surface area contributed by atoms with Gasteiger partial charge in [0.05, 0.1) is 12.7 Å². The average Bonchev–Trinajstić information content (AvgIpc) is 3.29. The average molecular weight is 629 g/mol. The Morgan fingerprint density at radius 1 is 0.977 bits per heavy atom. The first-order valence-electron chi connectivity index (χ1n) is 16.9. The number of rotatable bonds is 10. The lowest BCUT2D eigenvalue weighted by Crippen LogP contribution is -2.60. The predicted molar refractivity (Wildman–Crippen MR) is 163 cm³/mol. The van der Waals surface area contributed by atoms with Crippen LogP contribution in [0.4, 0.5) is 0 Å². The van der Waals surface area contributed by atoms with Gasteiger partial charge in [0, 0.05) is 0 Å². The van der Waals surface area contributed by atoms with Gasteiger partial charge in [0.25, 0.3) is 0 Å². The van der Waals surface area contributed by atoms with Crippen molar-refractivity contribution in [2.75, 3.05) is 6.61 Å². The van der Waals surface area contributed by atoms with E-state index in [0.717, 1.165) is 55.3 Å². The van der Waals surface area contributed by atoms with Crippen LogP contribution in [0.15, 0.2) is 11.6 Å². The molecule has 43 heavy (non-hydrogen) atoms. The van der Waals surface area contributed by atoms with Crippen LogP contribution in [0, 0.1) is 46.3 Å². The molecule has 10 heteroatoms. The third-order valence-electron chi connectivity index (χ3n) is 12.7. The molecule has 0 aromatic heterocycles. The van der Waals surface area contributed by atoms with E-state index < -0.39 is 45.1 Å². The number of phosphoric acid groups is 1. The van der Waals surface area contributed by atoms with E-state index in [1.165, 1.54) is 50.5 Å². The van der Waals surface area contributed by atoms with E-state index in [1.54, 1.807) is 0 Å². The van der Waals surface area contributed by atoms with Crippen LogP contribution < -0.4 is 0 Å². The lowest BCUT2D eigenvalue weighted by molar-refractivity contribution is -0.312. The molecule has 5 N–H and O–H groups in total. The van der Waals surface area contributed by atoms with Gasteiger partial charge in [-0.15, -0.1) is 0 Å². The minimum absolute atomic E-state index is 0.132. The summed E-state index contributed by atoms with van der Waals surface area (Å²) in [6.07, 6.45) is 8.14. The first kappa shape index (κ1) is 34.0. The van der Waals surface area contributed by atoms with E-state index in [4.69, 9.17) is 19.3 Å². The largest absolute Gasteiger partial charge is 0.469 e. The Morgan fingerprint density at radius 3 is 2.42 bits per heavy atom. The van der Waals surface area contributed by atoms with Crippen LogP contribution in [0.1, 0.15) is 105 Å². The molecular weight excluding hydrogens is 571 g/mol. The van der Waals surface area contributed by atoms with Crippen molar-refractivity contribution < 1.29 is 43.7 Å². The van der Waals surface area contributed by atoms with Gasteiger partial charge in [0.15, 0.2) is 6.29 Å². The van der Waals surface area contributed by atoms with Gasteiger partial charge in [-0.3, -0.25) is 4.52 Å². The Kier molecular flexibility index (Phi) is 10.3. The fourth-order valence-electron chi connectivity index (χ4n) is 10.3. The summed E-state index contributed by atoms with van der Waals surface area (Å²) >= 11 is 0. The maximum absolute atomic E-state index is 11.2. The number of hydrogen-bond acceptors (Lipinski definition) is 7. The van der Waals surface area contributed by atoms with E-state index in [1.807, 2.05) is 0 Å². The van der Waals surface area contributed by atoms with E-state index in [2.05, 4.69) is 45.2 Å². The molecule has 4 aliphatic carbocycles. The van der Waals surface area contributed by atoms with E-state index in [0.29, 0.717) is 11.3 Å². The summed E-state index contributed by atoms with van der Waals surface area (Å²) in [5, 5.41) is 31.3. The first-order chi connectivity index (χ1) is 20.1. The molecular formula is C33H57O9P. The molecule has 0 radical (unpaired) electrons. The minimum atomic E-state index is -4.80. The lowest BCUT2D eigenvalue weighted by Gasteiger charge is -2.58. The molecule has 5 rings (SSSR count). The van der Waals surface area contributed by atoms with Gasteiger partial charge in [0.2, 0.25) is 0 Å². The second kappa shape index (κ2) is 13.0. The first-order valence-corrected chi connectivity index (χ1v) is 18.4. The standard InChI is InChI=1S/C33H57O9P/c1-19(2)7-6-8-20(3)24-11-12-25-23-10-9-21-17-22(13-15-32(21,4)26(23)14-16-33(24,25)5)41-31-30(36)29(35)28(34)27(42-31)18-40-43(37,38)39/h9,19-20,22-31,34-36H,6-8,10-18H2,1-5H3,(H2,37,38,39)/t20-,22+,23+,24-,25+,26+,27-,28+,29+,30-,31+,32+,33-/m1/s1. The maximum Gasteiger partial charge on any atom is 0.469 e. The number of phosphoric ester groups is 1. The lowest BCUT2D eigenvalue weighted by atomic mass is 9.47. The van der Waals surface area contributed by atoms with Crippen molar-refractivity contribution in [3.05, 3.63) is 11.6 Å². The number of fused-ring (bicyclic) bond motifs is 5. The van der Waals surface area contributed by atoms with Crippen LogP contribution in [0.2, 0.25) is 0 Å². The van der Waals surface area contributed by atoms with Crippen molar-refractivity contribution in [3.8, 4) is 0 Å². The summed E-state index contributed by atoms with van der Waals surface area (Å²) in [6.45, 7) is 11.6. The van der Waals surface area contributed by atoms with Crippen molar-refractivity contribution >= 4 is 7.82 Å². The fourth-order valence-corrected chi connectivity index (χ4v) is 10.6. The molecule has 0 unspecified atom stereocenters. The summed E-state index contributed by atoms with van der Waals surface area (Å²) in [4.78, 5) is 18.1. The van der Waals surface area contributed by atoms with Crippen LogP contribution in [-0.4, -0.2) is 68.5 Å². The zero-order valence-electron chi connectivity index (χ0n) is 26.8. The number of ether oxygens (including phenoxy) is 2. The smallest absolute Gasteiger partial charge is 0.387 e. The molecule has 1 heterocycles. The van der Waals surface area contributed by atoms with Crippen molar-refractivity contribution in [2.24, 2.45) is 46.3 Å². The molecule has 0 aromatic rings. The van der Waals surface area contributed by atoms with Crippen molar-refractivity contribution in [1.82, 2.24) is 0 Å². The maximum atomic E-state index is 11.2. The third kappa shape index (κ3) is 6.87. The summed E-state index contributed by atoms with van der Waals surface area (Å²) in [5.74, 6) is 4.60. The van der Waals surface area contributed by atoms with Gasteiger partial charge in [0.1, 0.15) is 24.4 Å². The van der Waals surface area contributed by atoms with Crippen LogP contribution in [-0.2, 0) is 18.6 Å². The van der Waals surface area contributed by atoms with Crippen LogP contribution in [0.25, 0.3) is 0 Å². The van der Waals surface area contributed by atoms with E-state index >= 15 is 0 Å². The normalized spacial score (nSPS) is 45.7. The van der Waals surface area contributed by atoms with Crippen LogP contribution >= 0.6 is 7.82 Å². The Hall–Kier alpha value is -0.350. The fraction of sp³-hybridized carbons (Fsp3) is 0.939. The van der Waals surface area contributed by atoms with Gasteiger partial charge in [-0.25, -0.2) is 4.57 Å². The topological polar surface area (TPSA) is 146 Å². The van der Waals surface area contributed by atoms with Crippen LogP contribution in [0.3, 0.4) is 0 Å². The molecule has 9 nitrogen and oxygen atoms in total. The third-order valence-corrected chi connectivity index (χ3v) is 13.1. The summed E-state index contributed by atoms with van der Waals surface area (Å²) < 4.78 is 27.5. The number of hydrogen-bond donors (Lipinski definition) is 5. The Morgan fingerprint density at radius 2 is 1.72 bits per heavy atom. The molecule has 4 fully saturated rings. The zero-order chi connectivity index (χ0) is 31.3. The Balaban J connectivity index is 1.22. The highest BCUT2D eigenvalue weighted by molar-refractivity contribution is 7.46. The van der Waals surface area contributed by atoms with E-state index in [9.17, 15) is 19.9 Å². The molecule has 0 amide bonds. The SMILES string of the molecule is CC(C)CCC[C@@H](C)[C@H]1CC[C@H]2[C@@H]3CC=C4C[C@@H](O[C@H]5O[C@H](COP(=O)(O)O)[C@H](O)[C@H](O)[C@H]5O)CC[C@]4(C)[C@H]3CC[C@]12C. The number of aliphatic hydroxyl groups is 3. The highest BCUT2D eigenvalue weighted by Crippen LogP contribution is 2.67. The van der Waals surface area contributed by atoms with Gasteiger partial charge >= 0.3 is 7.82 Å². The highest BCUT2D eigenvalue weighted by Gasteiger charge is 2.59. The van der Waals surface area contributed by atoms with Crippen molar-refractivity contribution in [1.29, 1.82) is 0 Å². The predicted octanol–water partition coefficient (Wildman–Crippen LogP) is 5.33. The van der Waals surface area contributed by atoms with E-state index in [-0.39, 0.29) is 11.5 Å². The molecule has 0 aromatic carbocycles. The summed E-state index contributed by atoms with van der Waals surface area (Å²) in [6, 6.07) is 0. The number of aliphatic hydroxyl groups excluding tert-OH is 3. The molecule has 0 bridgehead atoms. The van der Waals surface area contributed by atoms with Gasteiger partial charge in [-0.1, -0.05) is 65.5 Å². The molecule has 0 spiro atoms. The second-order valence-corrected chi connectivity index (χ2v) is 16.8. The number of allylic oxidation sites excluding steroid dienone is 1. The quantitative estimate of drug-likeness (QED) is 0.160. The highest BCUT2D eigenvalue weighted by atomic mass is 31.2. The molecule has 248 valence electrons.